The quantitative estimate of drug-likeness (QED) is 0.873. The molecule has 94 valence electrons. The summed E-state index contributed by atoms with van der Waals surface area (Å²) in [5, 5.41) is 3.53. The molecule has 1 heterocycles. The summed E-state index contributed by atoms with van der Waals surface area (Å²) >= 11 is 0. The Kier molecular flexibility index (Phi) is 3.57. The molecule has 2 rings (SSSR count). The average molecular weight is 235 g/mol. The third kappa shape index (κ3) is 2.39. The summed E-state index contributed by atoms with van der Waals surface area (Å²) < 4.78 is 10.9. The summed E-state index contributed by atoms with van der Waals surface area (Å²) in [4.78, 5) is 0. The van der Waals surface area contributed by atoms with E-state index in [1.54, 1.807) is 14.2 Å². The van der Waals surface area contributed by atoms with Crippen LogP contribution in [0.1, 0.15) is 30.5 Å². The van der Waals surface area contributed by atoms with Crippen molar-refractivity contribution in [2.24, 2.45) is 5.92 Å². The molecular formula is C14H21NO2. The fraction of sp³-hybridized carbons (Fsp3) is 0.571. The lowest BCUT2D eigenvalue weighted by Crippen LogP contribution is -2.14. The van der Waals surface area contributed by atoms with Gasteiger partial charge in [-0.05, 0) is 43.5 Å². The van der Waals surface area contributed by atoms with Crippen LogP contribution in [0.2, 0.25) is 0 Å². The van der Waals surface area contributed by atoms with Crippen LogP contribution in [0.3, 0.4) is 0 Å². The van der Waals surface area contributed by atoms with Crippen molar-refractivity contribution in [1.82, 2.24) is 5.32 Å². The largest absolute Gasteiger partial charge is 0.496 e. The zero-order valence-electron chi connectivity index (χ0n) is 11.0. The molecule has 1 aromatic carbocycles. The van der Waals surface area contributed by atoms with Gasteiger partial charge in [-0.3, -0.25) is 0 Å². The van der Waals surface area contributed by atoms with Crippen molar-refractivity contribution in [2.45, 2.75) is 26.3 Å². The molecule has 0 aromatic heterocycles. The Labute approximate surface area is 103 Å². The Morgan fingerprint density at radius 2 is 1.88 bits per heavy atom. The number of hydrogen-bond acceptors (Lipinski definition) is 3. The molecule has 3 nitrogen and oxygen atoms in total. The molecule has 0 spiro atoms. The molecule has 0 aliphatic carbocycles. The normalized spacial score (nSPS) is 23.8. The van der Waals surface area contributed by atoms with E-state index in [1.165, 1.54) is 5.56 Å². The van der Waals surface area contributed by atoms with Crippen LogP contribution < -0.4 is 14.8 Å². The number of rotatable bonds is 3. The summed E-state index contributed by atoms with van der Waals surface area (Å²) in [5.41, 5.74) is 2.32. The number of hydrogen-bond donors (Lipinski definition) is 1. The van der Waals surface area contributed by atoms with Crippen molar-refractivity contribution in [2.75, 3.05) is 20.8 Å². The van der Waals surface area contributed by atoms with E-state index in [9.17, 15) is 0 Å². The second kappa shape index (κ2) is 4.96. The van der Waals surface area contributed by atoms with Gasteiger partial charge in [0.05, 0.1) is 14.2 Å². The maximum Gasteiger partial charge on any atom is 0.124 e. The van der Waals surface area contributed by atoms with Gasteiger partial charge in [-0.2, -0.15) is 0 Å². The monoisotopic (exact) mass is 235 g/mol. The average Bonchev–Trinajstić information content (AvgIpc) is 2.75. The van der Waals surface area contributed by atoms with E-state index < -0.39 is 0 Å². The predicted molar refractivity (Wildman–Crippen MR) is 68.8 cm³/mol. The topological polar surface area (TPSA) is 30.5 Å². The molecule has 0 radical (unpaired) electrons. The third-order valence-electron chi connectivity index (χ3n) is 3.47. The number of ether oxygens (including phenoxy) is 2. The van der Waals surface area contributed by atoms with Gasteiger partial charge in [-0.15, -0.1) is 0 Å². The summed E-state index contributed by atoms with van der Waals surface area (Å²) in [5.74, 6) is 2.61. The molecule has 3 heteroatoms. The lowest BCUT2D eigenvalue weighted by Gasteiger charge is -2.17. The number of aryl methyl sites for hydroxylation is 1. The molecule has 2 atom stereocenters. The molecule has 1 aromatic rings. The third-order valence-corrected chi connectivity index (χ3v) is 3.47. The molecule has 1 N–H and O–H groups in total. The van der Waals surface area contributed by atoms with E-state index in [0.29, 0.717) is 6.04 Å². The highest BCUT2D eigenvalue weighted by atomic mass is 16.5. The van der Waals surface area contributed by atoms with Crippen LogP contribution in [0, 0.1) is 12.8 Å². The first kappa shape index (κ1) is 12.2. The smallest absolute Gasteiger partial charge is 0.124 e. The van der Waals surface area contributed by atoms with Gasteiger partial charge >= 0.3 is 0 Å². The summed E-state index contributed by atoms with van der Waals surface area (Å²) in [6.45, 7) is 5.38. The SMILES string of the molecule is COc1cc([C@H]2C[C@@H](C)CN2)c(OC)cc1C. The minimum atomic E-state index is 0.384. The van der Waals surface area contributed by atoms with Crippen molar-refractivity contribution in [3.63, 3.8) is 0 Å². The molecule has 0 saturated carbocycles. The second-order valence-corrected chi connectivity index (χ2v) is 4.87. The molecule has 17 heavy (non-hydrogen) atoms. The summed E-state index contributed by atoms with van der Waals surface area (Å²) in [6, 6.07) is 4.54. The first-order valence-corrected chi connectivity index (χ1v) is 6.11. The van der Waals surface area contributed by atoms with Crippen LogP contribution >= 0.6 is 0 Å². The standard InChI is InChI=1S/C14H21NO2/c1-9-5-12(15-8-9)11-7-13(16-3)10(2)6-14(11)17-4/h6-7,9,12,15H,5,8H2,1-4H3/t9-,12-/m1/s1. The van der Waals surface area contributed by atoms with Gasteiger partial charge in [0.1, 0.15) is 11.5 Å². The fourth-order valence-electron chi connectivity index (χ4n) is 2.50. The Morgan fingerprint density at radius 3 is 2.41 bits per heavy atom. The lowest BCUT2D eigenvalue weighted by molar-refractivity contribution is 0.390. The highest BCUT2D eigenvalue weighted by Gasteiger charge is 2.25. The van der Waals surface area contributed by atoms with Crippen LogP contribution in [0.15, 0.2) is 12.1 Å². The minimum Gasteiger partial charge on any atom is -0.496 e. The van der Waals surface area contributed by atoms with Crippen LogP contribution in [-0.4, -0.2) is 20.8 Å². The molecule has 0 amide bonds. The van der Waals surface area contributed by atoms with Gasteiger partial charge in [0.25, 0.3) is 0 Å². The molecule has 1 fully saturated rings. The first-order valence-electron chi connectivity index (χ1n) is 6.11. The zero-order chi connectivity index (χ0) is 12.4. The molecule has 1 saturated heterocycles. The highest BCUT2D eigenvalue weighted by molar-refractivity contribution is 5.47. The Hall–Kier alpha value is -1.22. The van der Waals surface area contributed by atoms with Gasteiger partial charge in [0.15, 0.2) is 0 Å². The van der Waals surface area contributed by atoms with Crippen molar-refractivity contribution in [3.05, 3.63) is 23.3 Å². The van der Waals surface area contributed by atoms with Gasteiger partial charge in [-0.25, -0.2) is 0 Å². The number of benzene rings is 1. The molecule has 1 aliphatic rings. The molecular weight excluding hydrogens is 214 g/mol. The Balaban J connectivity index is 2.37. The summed E-state index contributed by atoms with van der Waals surface area (Å²) in [7, 11) is 3.44. The minimum absolute atomic E-state index is 0.384. The van der Waals surface area contributed by atoms with E-state index in [0.717, 1.165) is 35.9 Å². The second-order valence-electron chi connectivity index (χ2n) is 4.87. The molecule has 0 bridgehead atoms. The lowest BCUT2D eigenvalue weighted by atomic mass is 9.98. The van der Waals surface area contributed by atoms with Crippen molar-refractivity contribution in [3.8, 4) is 11.5 Å². The van der Waals surface area contributed by atoms with Crippen LogP contribution in [0.25, 0.3) is 0 Å². The van der Waals surface area contributed by atoms with Crippen LogP contribution in [0.4, 0.5) is 0 Å². The first-order chi connectivity index (χ1) is 8.15. The van der Waals surface area contributed by atoms with E-state index in [1.807, 2.05) is 6.92 Å². The van der Waals surface area contributed by atoms with Crippen molar-refractivity contribution < 1.29 is 9.47 Å². The number of methoxy groups -OCH3 is 2. The van der Waals surface area contributed by atoms with E-state index in [2.05, 4.69) is 24.4 Å². The van der Waals surface area contributed by atoms with Crippen molar-refractivity contribution in [1.29, 1.82) is 0 Å². The van der Waals surface area contributed by atoms with Gasteiger partial charge in [-0.1, -0.05) is 6.92 Å². The fourth-order valence-corrected chi connectivity index (χ4v) is 2.50. The van der Waals surface area contributed by atoms with Gasteiger partial charge in [0.2, 0.25) is 0 Å². The van der Waals surface area contributed by atoms with E-state index in [4.69, 9.17) is 9.47 Å². The zero-order valence-corrected chi connectivity index (χ0v) is 11.0. The van der Waals surface area contributed by atoms with Crippen LogP contribution in [0.5, 0.6) is 11.5 Å². The predicted octanol–water partition coefficient (Wildman–Crippen LogP) is 2.68. The maximum absolute atomic E-state index is 5.48. The van der Waals surface area contributed by atoms with Crippen molar-refractivity contribution >= 4 is 0 Å². The molecule has 0 unspecified atom stereocenters. The Bertz CT molecular complexity index is 403. The number of nitrogens with one attached hydrogen (secondary N) is 1. The Morgan fingerprint density at radius 1 is 1.18 bits per heavy atom. The summed E-state index contributed by atoms with van der Waals surface area (Å²) in [6.07, 6.45) is 1.16. The highest BCUT2D eigenvalue weighted by Crippen LogP contribution is 2.36. The van der Waals surface area contributed by atoms with E-state index in [-0.39, 0.29) is 0 Å². The van der Waals surface area contributed by atoms with Gasteiger partial charge < -0.3 is 14.8 Å². The molecule has 1 aliphatic heterocycles. The van der Waals surface area contributed by atoms with Crippen LogP contribution in [-0.2, 0) is 0 Å². The maximum atomic E-state index is 5.48. The van der Waals surface area contributed by atoms with E-state index >= 15 is 0 Å². The van der Waals surface area contributed by atoms with Gasteiger partial charge in [0, 0.05) is 11.6 Å².